The Kier molecular flexibility index (Phi) is 3.99. The van der Waals surface area contributed by atoms with Gasteiger partial charge in [0.15, 0.2) is 5.41 Å². The molecule has 0 radical (unpaired) electrons. The zero-order valence-corrected chi connectivity index (χ0v) is 13.4. The van der Waals surface area contributed by atoms with Crippen molar-refractivity contribution in [2.24, 2.45) is 5.41 Å². The number of hydrogen-bond acceptors (Lipinski definition) is 8. The molecule has 0 fully saturated rings. The number of esters is 2. The summed E-state index contributed by atoms with van der Waals surface area (Å²) in [4.78, 5) is 36.1. The van der Waals surface area contributed by atoms with E-state index < -0.39 is 28.2 Å². The van der Waals surface area contributed by atoms with Gasteiger partial charge < -0.3 is 14.0 Å². The minimum atomic E-state index is -1.80. The van der Waals surface area contributed by atoms with Crippen molar-refractivity contribution < 1.29 is 28.5 Å². The molecule has 2 aromatic rings. The van der Waals surface area contributed by atoms with E-state index in [9.17, 15) is 19.7 Å². The van der Waals surface area contributed by atoms with Crippen molar-refractivity contribution in [2.75, 3.05) is 14.2 Å². The maximum Gasteiger partial charge on any atom is 0.324 e. The quantitative estimate of drug-likeness (QED) is 0.354. The zero-order chi connectivity index (χ0) is 18.2. The van der Waals surface area contributed by atoms with Gasteiger partial charge in [0.25, 0.3) is 5.69 Å². The highest BCUT2D eigenvalue weighted by Gasteiger charge is 2.62. The van der Waals surface area contributed by atoms with Crippen LogP contribution in [0.25, 0.3) is 0 Å². The van der Waals surface area contributed by atoms with Gasteiger partial charge in [-0.05, 0) is 0 Å². The molecule has 1 atom stereocenters. The Morgan fingerprint density at radius 3 is 2.52 bits per heavy atom. The van der Waals surface area contributed by atoms with Crippen molar-refractivity contribution in [2.45, 2.75) is 12.3 Å². The second kappa shape index (κ2) is 6.00. The fourth-order valence-corrected chi connectivity index (χ4v) is 3.41. The number of methoxy groups -OCH3 is 2. The smallest absolute Gasteiger partial charge is 0.324 e. The number of ether oxygens (including phenoxy) is 2. The summed E-state index contributed by atoms with van der Waals surface area (Å²) in [6.45, 7) is 0. The Morgan fingerprint density at radius 1 is 1.28 bits per heavy atom. The van der Waals surface area contributed by atoms with Gasteiger partial charge in [-0.2, -0.15) is 0 Å². The number of carbonyl (C=O) groups excluding carboxylic acids is 2. The molecule has 1 aliphatic rings. The van der Waals surface area contributed by atoms with E-state index in [4.69, 9.17) is 14.0 Å². The van der Waals surface area contributed by atoms with Crippen LogP contribution in [-0.2, 0) is 25.5 Å². The third-order valence-electron chi connectivity index (χ3n) is 4.45. The van der Waals surface area contributed by atoms with Gasteiger partial charge in [0, 0.05) is 23.6 Å². The largest absolute Gasteiger partial charge is 0.468 e. The summed E-state index contributed by atoms with van der Waals surface area (Å²) in [7, 11) is 2.29. The molecule has 9 heteroatoms. The predicted octanol–water partition coefficient (Wildman–Crippen LogP) is 1.60. The van der Waals surface area contributed by atoms with Crippen LogP contribution in [0, 0.1) is 15.5 Å². The molecule has 0 amide bonds. The molecular formula is C16H14N2O7. The number of aromatic nitrogens is 1. The van der Waals surface area contributed by atoms with Gasteiger partial charge in [0.05, 0.1) is 30.8 Å². The fraction of sp³-hybridized carbons (Fsp3) is 0.312. The maximum atomic E-state index is 12.6. The van der Waals surface area contributed by atoms with Gasteiger partial charge in [-0.25, -0.2) is 0 Å². The second-order valence-corrected chi connectivity index (χ2v) is 5.61. The Morgan fingerprint density at radius 2 is 1.92 bits per heavy atom. The number of nitro benzene ring substituents is 1. The molecular weight excluding hydrogens is 332 g/mol. The van der Waals surface area contributed by atoms with E-state index in [-0.39, 0.29) is 23.4 Å². The standard InChI is InChI=1S/C16H14N2O7/c1-23-14(19)16(15(20)24-2)7-9-8-25-17-13(9)12(16)10-5-3-4-6-11(10)18(21)22/h3-6,8,12H,7H2,1-2H3. The van der Waals surface area contributed by atoms with Crippen LogP contribution in [0.4, 0.5) is 5.69 Å². The Labute approximate surface area is 141 Å². The monoisotopic (exact) mass is 346 g/mol. The van der Waals surface area contributed by atoms with Crippen LogP contribution in [0.3, 0.4) is 0 Å². The van der Waals surface area contributed by atoms with E-state index in [1.807, 2.05) is 0 Å². The summed E-state index contributed by atoms with van der Waals surface area (Å²) < 4.78 is 14.6. The molecule has 0 aliphatic heterocycles. The van der Waals surface area contributed by atoms with Gasteiger partial charge >= 0.3 is 11.9 Å². The molecule has 1 aliphatic carbocycles. The average Bonchev–Trinajstić information content (AvgIpc) is 3.19. The van der Waals surface area contributed by atoms with E-state index >= 15 is 0 Å². The minimum Gasteiger partial charge on any atom is -0.468 e. The minimum absolute atomic E-state index is 0.0815. The van der Waals surface area contributed by atoms with Gasteiger partial charge in [-0.3, -0.25) is 19.7 Å². The fourth-order valence-electron chi connectivity index (χ4n) is 3.41. The molecule has 0 saturated heterocycles. The lowest BCUT2D eigenvalue weighted by molar-refractivity contribution is -0.385. The van der Waals surface area contributed by atoms with E-state index in [0.717, 1.165) is 14.2 Å². The molecule has 0 N–H and O–H groups in total. The van der Waals surface area contributed by atoms with Crippen LogP contribution in [0.2, 0.25) is 0 Å². The van der Waals surface area contributed by atoms with Crippen LogP contribution in [0.15, 0.2) is 35.1 Å². The van der Waals surface area contributed by atoms with Crippen molar-refractivity contribution in [1.82, 2.24) is 5.16 Å². The molecule has 3 rings (SSSR count). The number of fused-ring (bicyclic) bond motifs is 1. The van der Waals surface area contributed by atoms with Gasteiger partial charge in [0.2, 0.25) is 0 Å². The first-order valence-electron chi connectivity index (χ1n) is 7.30. The third kappa shape index (κ3) is 2.27. The van der Waals surface area contributed by atoms with Crippen LogP contribution >= 0.6 is 0 Å². The number of nitro groups is 1. The highest BCUT2D eigenvalue weighted by Crippen LogP contribution is 2.53. The summed E-state index contributed by atoms with van der Waals surface area (Å²) in [6, 6.07) is 5.86. The van der Waals surface area contributed by atoms with E-state index in [1.165, 1.54) is 24.5 Å². The predicted molar refractivity (Wildman–Crippen MR) is 81.6 cm³/mol. The number of nitrogens with zero attached hydrogens (tertiary/aromatic N) is 2. The molecule has 130 valence electrons. The van der Waals surface area contributed by atoms with Crippen LogP contribution in [0.5, 0.6) is 0 Å². The lowest BCUT2D eigenvalue weighted by Gasteiger charge is -2.29. The highest BCUT2D eigenvalue weighted by molar-refractivity contribution is 6.03. The summed E-state index contributed by atoms with van der Waals surface area (Å²) in [6.07, 6.45) is 1.23. The average molecular weight is 346 g/mol. The molecule has 1 aromatic carbocycles. The van der Waals surface area contributed by atoms with Crippen molar-refractivity contribution in [3.8, 4) is 0 Å². The molecule has 1 heterocycles. The lowest BCUT2D eigenvalue weighted by Crippen LogP contribution is -2.45. The topological polar surface area (TPSA) is 122 Å². The Bertz CT molecular complexity index is 842. The third-order valence-corrected chi connectivity index (χ3v) is 4.45. The molecule has 0 bridgehead atoms. The lowest BCUT2D eigenvalue weighted by atomic mass is 9.72. The van der Waals surface area contributed by atoms with Crippen molar-refractivity contribution in [1.29, 1.82) is 0 Å². The highest BCUT2D eigenvalue weighted by atomic mass is 16.6. The molecule has 1 unspecified atom stereocenters. The summed E-state index contributed by atoms with van der Waals surface area (Å²) in [5.41, 5.74) is -1.09. The van der Waals surface area contributed by atoms with Crippen molar-refractivity contribution in [3.05, 3.63) is 57.5 Å². The normalized spacial score (nSPS) is 17.6. The van der Waals surface area contributed by atoms with Crippen molar-refractivity contribution >= 4 is 17.6 Å². The SMILES string of the molecule is COC(=O)C1(C(=O)OC)Cc2conc2C1c1ccccc1[N+](=O)[O-]. The molecule has 25 heavy (non-hydrogen) atoms. The molecule has 1 aromatic heterocycles. The number of benzene rings is 1. The van der Waals surface area contributed by atoms with Gasteiger partial charge in [-0.15, -0.1) is 0 Å². The van der Waals surface area contributed by atoms with Gasteiger partial charge in [0.1, 0.15) is 6.26 Å². The molecule has 0 saturated carbocycles. The Balaban J connectivity index is 2.31. The summed E-state index contributed by atoms with van der Waals surface area (Å²) >= 11 is 0. The molecule has 9 nitrogen and oxygen atoms in total. The van der Waals surface area contributed by atoms with Crippen LogP contribution in [-0.4, -0.2) is 36.2 Å². The van der Waals surface area contributed by atoms with Gasteiger partial charge in [-0.1, -0.05) is 23.4 Å². The summed E-state index contributed by atoms with van der Waals surface area (Å²) in [5.74, 6) is -2.75. The molecule has 0 spiro atoms. The maximum absolute atomic E-state index is 12.6. The first-order valence-corrected chi connectivity index (χ1v) is 7.30. The Hall–Kier alpha value is -3.23. The van der Waals surface area contributed by atoms with E-state index in [2.05, 4.69) is 5.16 Å². The number of rotatable bonds is 4. The summed E-state index contributed by atoms with van der Waals surface area (Å²) in [5, 5.41) is 15.3. The van der Waals surface area contributed by atoms with E-state index in [1.54, 1.807) is 6.07 Å². The van der Waals surface area contributed by atoms with Crippen LogP contribution < -0.4 is 0 Å². The number of para-hydroxylation sites is 1. The number of carbonyl (C=O) groups is 2. The van der Waals surface area contributed by atoms with Crippen LogP contribution in [0.1, 0.15) is 22.7 Å². The first-order chi connectivity index (χ1) is 12.0. The van der Waals surface area contributed by atoms with E-state index in [0.29, 0.717) is 5.56 Å². The van der Waals surface area contributed by atoms with Crippen molar-refractivity contribution in [3.63, 3.8) is 0 Å². The first kappa shape index (κ1) is 16.6. The second-order valence-electron chi connectivity index (χ2n) is 5.61. The zero-order valence-electron chi connectivity index (χ0n) is 13.4. The number of hydrogen-bond donors (Lipinski definition) is 0.